The minimum atomic E-state index is -0.249. The average molecular weight is 396 g/mol. The van der Waals surface area contributed by atoms with E-state index in [2.05, 4.69) is 5.32 Å². The standard InChI is InChI=1S/C23H28N2O4/c1-17-9-8-10-18(2)23(17)24-21(26)15-28-19-11-4-5-12-20(19)29-16-22(27)25-13-6-3-7-14-25/h4-5,8-12H,3,6-7,13-16H2,1-2H3,(H,24,26). The van der Waals surface area contributed by atoms with E-state index in [0.717, 1.165) is 42.7 Å². The van der Waals surface area contributed by atoms with E-state index in [0.29, 0.717) is 11.5 Å². The van der Waals surface area contributed by atoms with Crippen LogP contribution in [0.5, 0.6) is 11.5 Å². The molecule has 0 atom stereocenters. The quantitative estimate of drug-likeness (QED) is 0.775. The van der Waals surface area contributed by atoms with Crippen molar-refractivity contribution < 1.29 is 19.1 Å². The molecule has 2 aromatic carbocycles. The molecule has 1 N–H and O–H groups in total. The SMILES string of the molecule is Cc1cccc(C)c1NC(=O)COc1ccccc1OCC(=O)N1CCCCC1. The number of hydrogen-bond acceptors (Lipinski definition) is 4. The third kappa shape index (κ3) is 5.73. The largest absolute Gasteiger partial charge is 0.480 e. The second kappa shape index (κ2) is 9.96. The summed E-state index contributed by atoms with van der Waals surface area (Å²) < 4.78 is 11.4. The summed E-state index contributed by atoms with van der Waals surface area (Å²) >= 11 is 0. The van der Waals surface area contributed by atoms with E-state index >= 15 is 0 Å². The van der Waals surface area contributed by atoms with E-state index in [1.165, 1.54) is 6.42 Å². The predicted molar refractivity (Wildman–Crippen MR) is 112 cm³/mol. The highest BCUT2D eigenvalue weighted by Crippen LogP contribution is 2.27. The Balaban J connectivity index is 1.54. The van der Waals surface area contributed by atoms with Crippen LogP contribution in [0.2, 0.25) is 0 Å². The zero-order valence-corrected chi connectivity index (χ0v) is 17.1. The van der Waals surface area contributed by atoms with Gasteiger partial charge in [-0.2, -0.15) is 0 Å². The van der Waals surface area contributed by atoms with Crippen molar-refractivity contribution in [2.24, 2.45) is 0 Å². The Kier molecular flexibility index (Phi) is 7.11. The second-order valence-electron chi connectivity index (χ2n) is 7.28. The lowest BCUT2D eigenvalue weighted by Gasteiger charge is -2.26. The topological polar surface area (TPSA) is 67.9 Å². The van der Waals surface area contributed by atoms with E-state index in [-0.39, 0.29) is 25.0 Å². The van der Waals surface area contributed by atoms with Crippen LogP contribution in [-0.2, 0) is 9.59 Å². The number of piperidine rings is 1. The summed E-state index contributed by atoms with van der Waals surface area (Å²) in [7, 11) is 0. The summed E-state index contributed by atoms with van der Waals surface area (Å²) in [5.74, 6) is 0.627. The third-order valence-corrected chi connectivity index (χ3v) is 5.01. The Morgan fingerprint density at radius 2 is 1.45 bits per heavy atom. The number of amides is 2. The minimum Gasteiger partial charge on any atom is -0.480 e. The summed E-state index contributed by atoms with van der Waals surface area (Å²) in [6.07, 6.45) is 3.26. The van der Waals surface area contributed by atoms with Crippen LogP contribution in [0.3, 0.4) is 0 Å². The van der Waals surface area contributed by atoms with Crippen LogP contribution in [0.15, 0.2) is 42.5 Å². The molecular weight excluding hydrogens is 368 g/mol. The van der Waals surface area contributed by atoms with Gasteiger partial charge in [-0.25, -0.2) is 0 Å². The number of carbonyl (C=O) groups excluding carboxylic acids is 2. The highest BCUT2D eigenvalue weighted by Gasteiger charge is 2.18. The molecule has 0 bridgehead atoms. The fourth-order valence-electron chi connectivity index (χ4n) is 3.39. The number of likely N-dealkylation sites (tertiary alicyclic amines) is 1. The van der Waals surface area contributed by atoms with Gasteiger partial charge in [-0.3, -0.25) is 9.59 Å². The van der Waals surface area contributed by atoms with Crippen LogP contribution in [0.25, 0.3) is 0 Å². The Morgan fingerprint density at radius 3 is 2.07 bits per heavy atom. The number of aryl methyl sites for hydroxylation is 2. The Morgan fingerprint density at radius 1 is 0.862 bits per heavy atom. The van der Waals surface area contributed by atoms with E-state index in [9.17, 15) is 9.59 Å². The van der Waals surface area contributed by atoms with Crippen LogP contribution in [0, 0.1) is 13.8 Å². The highest BCUT2D eigenvalue weighted by molar-refractivity contribution is 5.93. The van der Waals surface area contributed by atoms with Crippen LogP contribution < -0.4 is 14.8 Å². The predicted octanol–water partition coefficient (Wildman–Crippen LogP) is 3.71. The molecule has 1 fully saturated rings. The van der Waals surface area contributed by atoms with Gasteiger partial charge in [0, 0.05) is 18.8 Å². The van der Waals surface area contributed by atoms with E-state index < -0.39 is 0 Å². The summed E-state index contributed by atoms with van der Waals surface area (Å²) in [4.78, 5) is 26.5. The first kappa shape index (κ1) is 20.7. The molecule has 1 saturated heterocycles. The van der Waals surface area contributed by atoms with Gasteiger partial charge in [-0.05, 0) is 56.4 Å². The first-order valence-electron chi connectivity index (χ1n) is 10.0. The number of rotatable bonds is 7. The molecule has 0 radical (unpaired) electrons. The summed E-state index contributed by atoms with van der Waals surface area (Å²) in [5.41, 5.74) is 2.80. The van der Waals surface area contributed by atoms with Gasteiger partial charge in [0.1, 0.15) is 0 Å². The van der Waals surface area contributed by atoms with Gasteiger partial charge >= 0.3 is 0 Å². The summed E-state index contributed by atoms with van der Waals surface area (Å²) in [6.45, 7) is 5.30. The first-order chi connectivity index (χ1) is 14.0. The number of para-hydroxylation sites is 3. The molecule has 2 amide bonds. The molecule has 6 nitrogen and oxygen atoms in total. The molecule has 3 rings (SSSR count). The maximum Gasteiger partial charge on any atom is 0.262 e. The van der Waals surface area contributed by atoms with E-state index in [1.54, 1.807) is 18.2 Å². The lowest BCUT2D eigenvalue weighted by Crippen LogP contribution is -2.38. The average Bonchev–Trinajstić information content (AvgIpc) is 2.74. The first-order valence-corrected chi connectivity index (χ1v) is 10.0. The van der Waals surface area contributed by atoms with Gasteiger partial charge in [0.25, 0.3) is 11.8 Å². The molecule has 6 heteroatoms. The zero-order valence-electron chi connectivity index (χ0n) is 17.1. The minimum absolute atomic E-state index is 0.0210. The van der Waals surface area contributed by atoms with Crippen molar-refractivity contribution >= 4 is 17.5 Å². The molecule has 29 heavy (non-hydrogen) atoms. The van der Waals surface area contributed by atoms with Crippen molar-refractivity contribution in [1.82, 2.24) is 4.90 Å². The van der Waals surface area contributed by atoms with Gasteiger partial charge in [-0.1, -0.05) is 30.3 Å². The maximum absolute atomic E-state index is 12.3. The Hall–Kier alpha value is -3.02. The molecule has 1 heterocycles. The number of nitrogens with zero attached hydrogens (tertiary/aromatic N) is 1. The number of hydrogen-bond donors (Lipinski definition) is 1. The third-order valence-electron chi connectivity index (χ3n) is 5.01. The van der Waals surface area contributed by atoms with Gasteiger partial charge in [0.05, 0.1) is 0 Å². The molecule has 0 spiro atoms. The van der Waals surface area contributed by atoms with Crippen molar-refractivity contribution in [3.63, 3.8) is 0 Å². The second-order valence-corrected chi connectivity index (χ2v) is 7.28. The van der Waals surface area contributed by atoms with Crippen molar-refractivity contribution in [1.29, 1.82) is 0 Å². The normalized spacial score (nSPS) is 13.7. The fourth-order valence-corrected chi connectivity index (χ4v) is 3.39. The zero-order chi connectivity index (χ0) is 20.6. The van der Waals surface area contributed by atoms with Crippen LogP contribution in [0.4, 0.5) is 5.69 Å². The Bertz CT molecular complexity index is 839. The van der Waals surface area contributed by atoms with Gasteiger partial charge in [0.15, 0.2) is 24.7 Å². The molecule has 0 unspecified atom stereocenters. The van der Waals surface area contributed by atoms with Gasteiger partial charge in [-0.15, -0.1) is 0 Å². The molecule has 154 valence electrons. The molecule has 1 aliphatic rings. The summed E-state index contributed by atoms with van der Waals surface area (Å²) in [5, 5.41) is 2.90. The Labute approximate surface area is 171 Å². The highest BCUT2D eigenvalue weighted by atomic mass is 16.5. The molecule has 0 saturated carbocycles. The molecule has 1 aliphatic heterocycles. The van der Waals surface area contributed by atoms with Crippen LogP contribution >= 0.6 is 0 Å². The smallest absolute Gasteiger partial charge is 0.262 e. The number of anilines is 1. The van der Waals surface area contributed by atoms with Crippen molar-refractivity contribution in [2.75, 3.05) is 31.6 Å². The number of carbonyl (C=O) groups is 2. The lowest BCUT2D eigenvalue weighted by atomic mass is 10.1. The number of ether oxygens (including phenoxy) is 2. The molecule has 2 aromatic rings. The van der Waals surface area contributed by atoms with Crippen molar-refractivity contribution in [3.8, 4) is 11.5 Å². The fraction of sp³-hybridized carbons (Fsp3) is 0.391. The molecular formula is C23H28N2O4. The van der Waals surface area contributed by atoms with E-state index in [4.69, 9.17) is 9.47 Å². The molecule has 0 aromatic heterocycles. The summed E-state index contributed by atoms with van der Waals surface area (Å²) in [6, 6.07) is 12.9. The van der Waals surface area contributed by atoms with E-state index in [1.807, 2.05) is 43.0 Å². The number of nitrogens with one attached hydrogen (secondary N) is 1. The lowest BCUT2D eigenvalue weighted by molar-refractivity contribution is -0.134. The van der Waals surface area contributed by atoms with Crippen molar-refractivity contribution in [2.45, 2.75) is 33.1 Å². The van der Waals surface area contributed by atoms with Gasteiger partial charge in [0.2, 0.25) is 0 Å². The van der Waals surface area contributed by atoms with Crippen LogP contribution in [-0.4, -0.2) is 43.0 Å². The van der Waals surface area contributed by atoms with Crippen molar-refractivity contribution in [3.05, 3.63) is 53.6 Å². The van der Waals surface area contributed by atoms with Crippen LogP contribution in [0.1, 0.15) is 30.4 Å². The number of benzene rings is 2. The monoisotopic (exact) mass is 396 g/mol. The maximum atomic E-state index is 12.3. The van der Waals surface area contributed by atoms with Gasteiger partial charge < -0.3 is 19.7 Å². The molecule has 0 aliphatic carbocycles.